The lowest BCUT2D eigenvalue weighted by Gasteiger charge is -2.10. The van der Waals surface area contributed by atoms with Crippen LogP contribution in [0.3, 0.4) is 0 Å². The molecule has 0 spiro atoms. The van der Waals surface area contributed by atoms with Crippen LogP contribution >= 0.6 is 11.8 Å². The van der Waals surface area contributed by atoms with Crippen molar-refractivity contribution in [3.8, 4) is 0 Å². The van der Waals surface area contributed by atoms with Crippen LogP contribution in [0, 0.1) is 10.1 Å². The van der Waals surface area contributed by atoms with Gasteiger partial charge in [-0.3, -0.25) is 10.1 Å². The van der Waals surface area contributed by atoms with Crippen LogP contribution in [0.25, 0.3) is 0 Å². The molecule has 1 aliphatic rings. The second kappa shape index (κ2) is 5.51. The van der Waals surface area contributed by atoms with Crippen LogP contribution in [0.15, 0.2) is 29.2 Å². The summed E-state index contributed by atoms with van der Waals surface area (Å²) in [6, 6.07) is 7.56. The van der Waals surface area contributed by atoms with E-state index in [1.54, 1.807) is 23.9 Å². The summed E-state index contributed by atoms with van der Waals surface area (Å²) in [5.41, 5.74) is 0.227. The molecule has 17 heavy (non-hydrogen) atoms. The van der Waals surface area contributed by atoms with E-state index in [0.717, 1.165) is 24.2 Å². The Morgan fingerprint density at radius 2 is 2.18 bits per heavy atom. The molecule has 0 radical (unpaired) electrons. The minimum Gasteiger partial charge on any atom is -0.317 e. The fourth-order valence-electron chi connectivity index (χ4n) is 2.20. The number of benzene rings is 1. The van der Waals surface area contributed by atoms with E-state index in [4.69, 9.17) is 0 Å². The van der Waals surface area contributed by atoms with Gasteiger partial charge in [-0.2, -0.15) is 0 Å². The molecule has 2 atom stereocenters. The van der Waals surface area contributed by atoms with Gasteiger partial charge >= 0.3 is 0 Å². The second-order valence-corrected chi connectivity index (χ2v) is 5.61. The van der Waals surface area contributed by atoms with Gasteiger partial charge in [0.15, 0.2) is 0 Å². The Balaban J connectivity index is 2.06. The van der Waals surface area contributed by atoms with Gasteiger partial charge in [0.25, 0.3) is 5.69 Å². The molecule has 1 aromatic carbocycles. The van der Waals surface area contributed by atoms with Crippen LogP contribution in [-0.2, 0) is 0 Å². The molecular weight excluding hydrogens is 236 g/mol. The maximum atomic E-state index is 10.9. The van der Waals surface area contributed by atoms with Gasteiger partial charge in [-0.25, -0.2) is 0 Å². The average Bonchev–Trinajstić information content (AvgIpc) is 2.77. The van der Waals surface area contributed by atoms with Crippen LogP contribution in [0.5, 0.6) is 0 Å². The summed E-state index contributed by atoms with van der Waals surface area (Å²) in [6.45, 7) is 0. The van der Waals surface area contributed by atoms with Crippen LogP contribution in [0.4, 0.5) is 5.69 Å². The van der Waals surface area contributed by atoms with Gasteiger partial charge in [0.1, 0.15) is 0 Å². The fourth-order valence-corrected chi connectivity index (χ4v) is 3.56. The van der Waals surface area contributed by atoms with Crippen molar-refractivity contribution < 1.29 is 4.92 Å². The summed E-state index contributed by atoms with van der Waals surface area (Å²) >= 11 is 1.64. The number of rotatable bonds is 4. The molecule has 0 bridgehead atoms. The summed E-state index contributed by atoms with van der Waals surface area (Å²) in [5, 5.41) is 14.7. The van der Waals surface area contributed by atoms with E-state index in [0.29, 0.717) is 11.3 Å². The topological polar surface area (TPSA) is 55.2 Å². The lowest BCUT2D eigenvalue weighted by Crippen LogP contribution is -2.21. The Morgan fingerprint density at radius 3 is 2.82 bits per heavy atom. The molecule has 1 N–H and O–H groups in total. The first-order valence-electron chi connectivity index (χ1n) is 5.78. The van der Waals surface area contributed by atoms with E-state index in [2.05, 4.69) is 5.32 Å². The molecule has 0 saturated heterocycles. The Hall–Kier alpha value is -1.07. The minimum absolute atomic E-state index is 0.227. The van der Waals surface area contributed by atoms with Crippen molar-refractivity contribution >= 4 is 17.4 Å². The highest BCUT2D eigenvalue weighted by atomic mass is 32.2. The molecule has 0 amide bonds. The number of nitrogens with one attached hydrogen (secondary N) is 1. The molecule has 1 fully saturated rings. The highest BCUT2D eigenvalue weighted by molar-refractivity contribution is 8.00. The zero-order valence-corrected chi connectivity index (χ0v) is 10.6. The Bertz CT molecular complexity index is 411. The maximum absolute atomic E-state index is 10.9. The number of nitro groups is 1. The average molecular weight is 252 g/mol. The van der Waals surface area contributed by atoms with Gasteiger partial charge in [0.05, 0.1) is 9.82 Å². The van der Waals surface area contributed by atoms with Crippen LogP contribution < -0.4 is 5.32 Å². The number of hydrogen-bond donors (Lipinski definition) is 1. The van der Waals surface area contributed by atoms with Crippen molar-refractivity contribution in [2.24, 2.45) is 0 Å². The first-order valence-corrected chi connectivity index (χ1v) is 6.66. The number of hydrogen-bond acceptors (Lipinski definition) is 4. The fraction of sp³-hybridized carbons (Fsp3) is 0.500. The third-order valence-electron chi connectivity index (χ3n) is 3.15. The molecule has 0 aromatic heterocycles. The SMILES string of the molecule is CNC1CCC(Sc2ccccc2[N+](=O)[O-])C1. The van der Waals surface area contributed by atoms with Crippen molar-refractivity contribution in [2.45, 2.75) is 35.4 Å². The van der Waals surface area contributed by atoms with Crippen molar-refractivity contribution in [3.63, 3.8) is 0 Å². The third-order valence-corrected chi connectivity index (χ3v) is 4.51. The molecular formula is C12H16N2O2S. The first kappa shape index (κ1) is 12.4. The third kappa shape index (κ3) is 2.98. The molecule has 0 heterocycles. The zero-order chi connectivity index (χ0) is 12.3. The molecule has 5 heteroatoms. The Kier molecular flexibility index (Phi) is 4.02. The standard InChI is InChI=1S/C12H16N2O2S/c1-13-9-6-7-10(8-9)17-12-5-3-2-4-11(12)14(15)16/h2-5,9-10,13H,6-8H2,1H3. The molecule has 92 valence electrons. The largest absolute Gasteiger partial charge is 0.317 e. The summed E-state index contributed by atoms with van der Waals surface area (Å²) in [4.78, 5) is 11.4. The summed E-state index contributed by atoms with van der Waals surface area (Å²) < 4.78 is 0. The van der Waals surface area contributed by atoms with Gasteiger partial charge in [0, 0.05) is 17.4 Å². The van der Waals surface area contributed by atoms with Crippen molar-refractivity contribution in [2.75, 3.05) is 7.05 Å². The smallest absolute Gasteiger partial charge is 0.282 e. The molecule has 2 rings (SSSR count). The van der Waals surface area contributed by atoms with E-state index in [9.17, 15) is 10.1 Å². The zero-order valence-electron chi connectivity index (χ0n) is 9.76. The van der Waals surface area contributed by atoms with Gasteiger partial charge in [0.2, 0.25) is 0 Å². The summed E-state index contributed by atoms with van der Waals surface area (Å²) in [5.74, 6) is 0. The minimum atomic E-state index is -0.299. The molecule has 1 aromatic rings. The van der Waals surface area contributed by atoms with E-state index < -0.39 is 0 Å². The van der Waals surface area contributed by atoms with Crippen molar-refractivity contribution in [1.82, 2.24) is 5.32 Å². The van der Waals surface area contributed by atoms with Gasteiger partial charge < -0.3 is 5.32 Å². The first-order chi connectivity index (χ1) is 8.20. The second-order valence-electron chi connectivity index (χ2n) is 4.26. The highest BCUT2D eigenvalue weighted by Crippen LogP contribution is 2.38. The summed E-state index contributed by atoms with van der Waals surface area (Å²) in [7, 11) is 1.97. The van der Waals surface area contributed by atoms with Gasteiger partial charge in [-0.15, -0.1) is 11.8 Å². The number of thioether (sulfide) groups is 1. The van der Waals surface area contributed by atoms with E-state index in [1.165, 1.54) is 0 Å². The van der Waals surface area contributed by atoms with Crippen LogP contribution in [0.1, 0.15) is 19.3 Å². The van der Waals surface area contributed by atoms with Crippen molar-refractivity contribution in [3.05, 3.63) is 34.4 Å². The summed E-state index contributed by atoms with van der Waals surface area (Å²) in [6.07, 6.45) is 3.38. The van der Waals surface area contributed by atoms with Gasteiger partial charge in [-0.05, 0) is 32.4 Å². The molecule has 1 saturated carbocycles. The Labute approximate surface area is 105 Å². The molecule has 0 aliphatic heterocycles. The molecule has 4 nitrogen and oxygen atoms in total. The number of para-hydroxylation sites is 1. The quantitative estimate of drug-likeness (QED) is 0.661. The van der Waals surface area contributed by atoms with E-state index in [1.807, 2.05) is 19.2 Å². The predicted molar refractivity (Wildman–Crippen MR) is 69.4 cm³/mol. The molecule has 2 unspecified atom stereocenters. The highest BCUT2D eigenvalue weighted by Gasteiger charge is 2.26. The maximum Gasteiger partial charge on any atom is 0.282 e. The van der Waals surface area contributed by atoms with E-state index in [-0.39, 0.29) is 10.6 Å². The van der Waals surface area contributed by atoms with Gasteiger partial charge in [-0.1, -0.05) is 12.1 Å². The normalized spacial score (nSPS) is 23.8. The molecule has 1 aliphatic carbocycles. The number of nitrogens with zero attached hydrogens (tertiary/aromatic N) is 1. The number of nitro benzene ring substituents is 1. The van der Waals surface area contributed by atoms with E-state index >= 15 is 0 Å². The Morgan fingerprint density at radius 1 is 1.41 bits per heavy atom. The van der Waals surface area contributed by atoms with Crippen molar-refractivity contribution in [1.29, 1.82) is 0 Å². The monoisotopic (exact) mass is 252 g/mol. The lowest BCUT2D eigenvalue weighted by molar-refractivity contribution is -0.387. The predicted octanol–water partition coefficient (Wildman–Crippen LogP) is 2.83. The van der Waals surface area contributed by atoms with Crippen LogP contribution in [0.2, 0.25) is 0 Å². The lowest BCUT2D eigenvalue weighted by atomic mass is 10.3. The van der Waals surface area contributed by atoms with Crippen LogP contribution in [-0.4, -0.2) is 23.3 Å².